The molecule has 0 aliphatic carbocycles. The number of anilines is 1. The Labute approximate surface area is 157 Å². The largest absolute Gasteiger partial charge is 0.491 e. The first kappa shape index (κ1) is 17.2. The number of Topliss-reactive ketones (excluding diaryl/α,β-unsaturated/α-hetero) is 1. The highest BCUT2D eigenvalue weighted by Crippen LogP contribution is 2.40. The van der Waals surface area contributed by atoms with E-state index in [2.05, 4.69) is 31.9 Å². The number of carbonyl (C=O) groups is 2. The lowest BCUT2D eigenvalue weighted by Gasteiger charge is -2.21. The number of hydrogen-bond donors (Lipinski definition) is 0. The van der Waals surface area contributed by atoms with Gasteiger partial charge in [0.2, 0.25) is 0 Å². The van der Waals surface area contributed by atoms with Crippen LogP contribution in [0.25, 0.3) is 0 Å². The molecule has 2 aromatic rings. The summed E-state index contributed by atoms with van der Waals surface area (Å²) in [5.41, 5.74) is 1.87. The molecule has 6 heteroatoms. The van der Waals surface area contributed by atoms with E-state index >= 15 is 0 Å². The maximum atomic E-state index is 12.5. The van der Waals surface area contributed by atoms with Gasteiger partial charge in [0.15, 0.2) is 0 Å². The molecule has 2 aromatic carbocycles. The van der Waals surface area contributed by atoms with Gasteiger partial charge in [0, 0.05) is 14.5 Å². The molecule has 0 spiro atoms. The summed E-state index contributed by atoms with van der Waals surface area (Å²) >= 11 is 6.81. The first-order valence-electron chi connectivity index (χ1n) is 7.48. The summed E-state index contributed by atoms with van der Waals surface area (Å²) < 4.78 is 7.26. The average molecular weight is 453 g/mol. The second kappa shape index (κ2) is 6.69. The van der Waals surface area contributed by atoms with Gasteiger partial charge < -0.3 is 4.74 Å². The number of hydrogen-bond acceptors (Lipinski definition) is 3. The Hall–Kier alpha value is -1.66. The van der Waals surface area contributed by atoms with E-state index in [4.69, 9.17) is 4.74 Å². The molecule has 24 heavy (non-hydrogen) atoms. The fourth-order valence-corrected chi connectivity index (χ4v) is 4.12. The van der Waals surface area contributed by atoms with Crippen molar-refractivity contribution in [3.63, 3.8) is 0 Å². The standard InChI is InChI=1S/C18H15Br2NO3/c1-10(2)24-15-6-4-3-5-11(15)9-21-16-13(17(22)18(21)23)7-12(19)8-14(16)20/h3-8,10H,9H2,1-2H3. The normalized spacial score (nSPS) is 13.6. The highest BCUT2D eigenvalue weighted by molar-refractivity contribution is 9.11. The van der Waals surface area contributed by atoms with Crippen LogP contribution in [0.5, 0.6) is 5.75 Å². The molecular formula is C18H15Br2NO3. The molecule has 1 aliphatic heterocycles. The number of carbonyl (C=O) groups excluding carboxylic acids is 2. The van der Waals surface area contributed by atoms with Gasteiger partial charge in [-0.15, -0.1) is 0 Å². The van der Waals surface area contributed by atoms with Gasteiger partial charge >= 0.3 is 0 Å². The molecule has 0 saturated heterocycles. The van der Waals surface area contributed by atoms with Crippen molar-refractivity contribution in [1.29, 1.82) is 0 Å². The summed E-state index contributed by atoms with van der Waals surface area (Å²) in [6.07, 6.45) is 0.0250. The van der Waals surface area contributed by atoms with Crippen LogP contribution in [-0.2, 0) is 11.3 Å². The van der Waals surface area contributed by atoms with Crippen molar-refractivity contribution < 1.29 is 14.3 Å². The molecule has 0 atom stereocenters. The summed E-state index contributed by atoms with van der Waals surface area (Å²) in [6.45, 7) is 4.18. The lowest BCUT2D eigenvalue weighted by molar-refractivity contribution is -0.114. The Morgan fingerprint density at radius 1 is 1.12 bits per heavy atom. The maximum Gasteiger partial charge on any atom is 0.299 e. The van der Waals surface area contributed by atoms with Crippen molar-refractivity contribution >= 4 is 49.2 Å². The Morgan fingerprint density at radius 3 is 2.54 bits per heavy atom. The molecule has 0 radical (unpaired) electrons. The average Bonchev–Trinajstić information content (AvgIpc) is 2.74. The topological polar surface area (TPSA) is 46.6 Å². The quantitative estimate of drug-likeness (QED) is 0.630. The number of ether oxygens (including phenoxy) is 1. The van der Waals surface area contributed by atoms with Crippen molar-refractivity contribution in [1.82, 2.24) is 0 Å². The zero-order valence-corrected chi connectivity index (χ0v) is 16.3. The SMILES string of the molecule is CC(C)Oc1ccccc1CN1C(=O)C(=O)c2cc(Br)cc(Br)c21. The number of fused-ring (bicyclic) bond motifs is 1. The molecule has 1 aliphatic rings. The van der Waals surface area contributed by atoms with Crippen molar-refractivity contribution in [2.24, 2.45) is 0 Å². The summed E-state index contributed by atoms with van der Waals surface area (Å²) in [7, 11) is 0. The van der Waals surface area contributed by atoms with E-state index in [9.17, 15) is 9.59 Å². The van der Waals surface area contributed by atoms with Crippen molar-refractivity contribution in [3.05, 3.63) is 56.5 Å². The molecule has 0 fully saturated rings. The summed E-state index contributed by atoms with van der Waals surface area (Å²) in [6, 6.07) is 11.1. The summed E-state index contributed by atoms with van der Waals surface area (Å²) in [5, 5.41) is 0. The highest BCUT2D eigenvalue weighted by Gasteiger charge is 2.38. The number of ketones is 1. The van der Waals surface area contributed by atoms with Gasteiger partial charge in [-0.2, -0.15) is 0 Å². The minimum absolute atomic E-state index is 0.0250. The van der Waals surface area contributed by atoms with Crippen molar-refractivity contribution in [2.45, 2.75) is 26.5 Å². The van der Waals surface area contributed by atoms with E-state index < -0.39 is 11.7 Å². The molecule has 124 valence electrons. The van der Waals surface area contributed by atoms with Gasteiger partial charge in [-0.1, -0.05) is 34.1 Å². The molecule has 0 aromatic heterocycles. The van der Waals surface area contributed by atoms with Crippen LogP contribution in [-0.4, -0.2) is 17.8 Å². The summed E-state index contributed by atoms with van der Waals surface area (Å²) in [5.74, 6) is -0.299. The second-order valence-electron chi connectivity index (χ2n) is 5.78. The van der Waals surface area contributed by atoms with Gasteiger partial charge in [-0.05, 0) is 48.0 Å². The third-order valence-corrected chi connectivity index (χ3v) is 4.71. The Morgan fingerprint density at radius 2 is 1.83 bits per heavy atom. The monoisotopic (exact) mass is 451 g/mol. The van der Waals surface area contributed by atoms with Crippen LogP contribution in [0.15, 0.2) is 45.3 Å². The highest BCUT2D eigenvalue weighted by atomic mass is 79.9. The van der Waals surface area contributed by atoms with Crippen LogP contribution in [0.3, 0.4) is 0 Å². The van der Waals surface area contributed by atoms with Crippen LogP contribution >= 0.6 is 31.9 Å². The summed E-state index contributed by atoms with van der Waals surface area (Å²) in [4.78, 5) is 26.3. The number of nitrogens with zero attached hydrogens (tertiary/aromatic N) is 1. The van der Waals surface area contributed by atoms with Crippen LogP contribution in [0.1, 0.15) is 29.8 Å². The van der Waals surface area contributed by atoms with Crippen LogP contribution in [0, 0.1) is 0 Å². The van der Waals surface area contributed by atoms with E-state index in [-0.39, 0.29) is 12.6 Å². The van der Waals surface area contributed by atoms with E-state index in [1.165, 1.54) is 4.90 Å². The number of benzene rings is 2. The molecule has 0 unspecified atom stereocenters. The fourth-order valence-electron chi connectivity index (χ4n) is 2.68. The number of para-hydroxylation sites is 1. The minimum Gasteiger partial charge on any atom is -0.491 e. The van der Waals surface area contributed by atoms with E-state index in [1.54, 1.807) is 6.07 Å². The molecule has 3 rings (SSSR count). The predicted octanol–water partition coefficient (Wildman–Crippen LogP) is 4.73. The Balaban J connectivity index is 2.01. The van der Waals surface area contributed by atoms with Crippen LogP contribution in [0.2, 0.25) is 0 Å². The molecule has 0 bridgehead atoms. The zero-order chi connectivity index (χ0) is 17.4. The van der Waals surface area contributed by atoms with Crippen LogP contribution in [0.4, 0.5) is 5.69 Å². The van der Waals surface area contributed by atoms with E-state index in [0.717, 1.165) is 15.8 Å². The molecule has 0 N–H and O–H groups in total. The molecule has 1 heterocycles. The fraction of sp³-hybridized carbons (Fsp3) is 0.222. The third kappa shape index (κ3) is 3.13. The number of halogens is 2. The van der Waals surface area contributed by atoms with E-state index in [1.807, 2.05) is 44.2 Å². The molecular weight excluding hydrogens is 438 g/mol. The first-order chi connectivity index (χ1) is 11.4. The Bertz CT molecular complexity index is 833. The minimum atomic E-state index is -0.525. The second-order valence-corrected chi connectivity index (χ2v) is 7.55. The lowest BCUT2D eigenvalue weighted by atomic mass is 10.1. The zero-order valence-electron chi connectivity index (χ0n) is 13.2. The first-order valence-corrected chi connectivity index (χ1v) is 9.07. The number of amides is 1. The van der Waals surface area contributed by atoms with Gasteiger partial charge in [-0.25, -0.2) is 0 Å². The van der Waals surface area contributed by atoms with E-state index in [0.29, 0.717) is 15.7 Å². The maximum absolute atomic E-state index is 12.5. The van der Waals surface area contributed by atoms with Gasteiger partial charge in [0.1, 0.15) is 5.75 Å². The molecule has 1 amide bonds. The van der Waals surface area contributed by atoms with Crippen molar-refractivity contribution in [3.8, 4) is 5.75 Å². The van der Waals surface area contributed by atoms with Gasteiger partial charge in [-0.3, -0.25) is 14.5 Å². The molecule has 0 saturated carbocycles. The Kier molecular flexibility index (Phi) is 4.78. The predicted molar refractivity (Wildman–Crippen MR) is 99.6 cm³/mol. The number of rotatable bonds is 4. The lowest BCUT2D eigenvalue weighted by Crippen LogP contribution is -2.29. The smallest absolute Gasteiger partial charge is 0.299 e. The van der Waals surface area contributed by atoms with Gasteiger partial charge in [0.25, 0.3) is 11.7 Å². The molecule has 4 nitrogen and oxygen atoms in total. The van der Waals surface area contributed by atoms with Crippen LogP contribution < -0.4 is 9.64 Å². The van der Waals surface area contributed by atoms with Crippen molar-refractivity contribution in [2.75, 3.05) is 4.90 Å². The van der Waals surface area contributed by atoms with Gasteiger partial charge in [0.05, 0.1) is 23.9 Å². The third-order valence-electron chi connectivity index (χ3n) is 3.65.